The fourth-order valence-corrected chi connectivity index (χ4v) is 3.43. The molecule has 0 saturated carbocycles. The highest BCUT2D eigenvalue weighted by Gasteiger charge is 2.33. The lowest BCUT2D eigenvalue weighted by Gasteiger charge is -2.30. The molecule has 0 atom stereocenters. The van der Waals surface area contributed by atoms with Gasteiger partial charge in [-0.3, -0.25) is 4.90 Å². The molecule has 0 aliphatic carbocycles. The number of amides is 1. The predicted octanol–water partition coefficient (Wildman–Crippen LogP) is 3.23. The maximum atomic E-state index is 11.4. The molecule has 0 radical (unpaired) electrons. The van der Waals surface area contributed by atoms with Gasteiger partial charge in [0.25, 0.3) is 0 Å². The van der Waals surface area contributed by atoms with E-state index in [2.05, 4.69) is 4.90 Å². The summed E-state index contributed by atoms with van der Waals surface area (Å²) in [4.78, 5) is 16.2. The second kappa shape index (κ2) is 5.57. The Kier molecular flexibility index (Phi) is 4.04. The van der Waals surface area contributed by atoms with Gasteiger partial charge in [0.05, 0.1) is 23.8 Å². The van der Waals surface area contributed by atoms with Crippen molar-refractivity contribution < 1.29 is 9.90 Å². The first-order valence-corrected chi connectivity index (χ1v) is 7.16. The zero-order valence-corrected chi connectivity index (χ0v) is 12.2. The largest absolute Gasteiger partial charge is 0.465 e. The van der Waals surface area contributed by atoms with Crippen molar-refractivity contribution in [1.29, 1.82) is 0 Å². The number of nitrogens with zero attached hydrogens (tertiary/aromatic N) is 2. The van der Waals surface area contributed by atoms with Crippen molar-refractivity contribution >= 4 is 17.9 Å². The molecule has 4 nitrogen and oxygen atoms in total. The van der Waals surface area contributed by atoms with Gasteiger partial charge in [-0.1, -0.05) is 18.2 Å². The van der Waals surface area contributed by atoms with E-state index < -0.39 is 6.09 Å². The Hall–Kier alpha value is -1.62. The maximum absolute atomic E-state index is 11.4. The number of rotatable bonds is 2. The average Bonchev–Trinajstić information content (AvgIpc) is 2.73. The van der Waals surface area contributed by atoms with Gasteiger partial charge < -0.3 is 10.0 Å². The summed E-state index contributed by atoms with van der Waals surface area (Å²) in [5.41, 5.74) is 2.90. The Morgan fingerprint density at radius 1 is 1.32 bits per heavy atom. The van der Waals surface area contributed by atoms with Gasteiger partial charge in [0.15, 0.2) is 0 Å². The summed E-state index contributed by atoms with van der Waals surface area (Å²) in [6, 6.07) is 0. The molecular formula is C14H18N2O2S. The quantitative estimate of drug-likeness (QED) is 0.842. The van der Waals surface area contributed by atoms with E-state index >= 15 is 0 Å². The van der Waals surface area contributed by atoms with Crippen LogP contribution in [0.5, 0.6) is 0 Å². The summed E-state index contributed by atoms with van der Waals surface area (Å²) in [5.74, 6) is 0.877. The minimum absolute atomic E-state index is 0.445. The predicted molar refractivity (Wildman–Crippen MR) is 78.6 cm³/mol. The molecular weight excluding hydrogens is 260 g/mol. The normalized spacial score (nSPS) is 20.2. The SMILES string of the molecule is C/C=C\C1=C(/C=C\C)N(C(=O)O)CC2=C1N(C)CS2. The zero-order chi connectivity index (χ0) is 14.0. The number of likely N-dealkylation sites (N-methyl/N-ethyl adjacent to an activating group) is 1. The molecule has 2 rings (SSSR count). The standard InChI is InChI=1S/C14H18N2O2S/c1-4-6-10-11(7-5-2)16(14(17)18)8-12-13(10)15(3)9-19-12/h4-7H,8-9H2,1-3H3,(H,17,18)/b6-4-,7-5-. The lowest BCUT2D eigenvalue weighted by Crippen LogP contribution is -2.34. The van der Waals surface area contributed by atoms with Crippen molar-refractivity contribution in [3.05, 3.63) is 46.2 Å². The topological polar surface area (TPSA) is 43.8 Å². The molecule has 0 aromatic carbocycles. The number of thioether (sulfide) groups is 1. The van der Waals surface area contributed by atoms with Crippen molar-refractivity contribution in [3.63, 3.8) is 0 Å². The van der Waals surface area contributed by atoms with Crippen LogP contribution in [-0.2, 0) is 0 Å². The highest BCUT2D eigenvalue weighted by molar-refractivity contribution is 8.03. The van der Waals surface area contributed by atoms with Crippen LogP contribution in [0.1, 0.15) is 13.8 Å². The van der Waals surface area contributed by atoms with E-state index in [9.17, 15) is 9.90 Å². The smallest absolute Gasteiger partial charge is 0.412 e. The molecule has 0 fully saturated rings. The third kappa shape index (κ3) is 2.42. The second-order valence-electron chi connectivity index (χ2n) is 4.41. The molecule has 0 aromatic heterocycles. The van der Waals surface area contributed by atoms with E-state index in [0.29, 0.717) is 6.54 Å². The highest BCUT2D eigenvalue weighted by Crippen LogP contribution is 2.41. The fraction of sp³-hybridized carbons (Fsp3) is 0.357. The van der Waals surface area contributed by atoms with Crippen LogP contribution < -0.4 is 0 Å². The van der Waals surface area contributed by atoms with E-state index in [4.69, 9.17) is 0 Å². The van der Waals surface area contributed by atoms with Gasteiger partial charge in [0.2, 0.25) is 0 Å². The van der Waals surface area contributed by atoms with Crippen LogP contribution in [0.4, 0.5) is 4.79 Å². The summed E-state index contributed by atoms with van der Waals surface area (Å²) in [5, 5.41) is 9.40. The molecule has 19 heavy (non-hydrogen) atoms. The molecule has 1 N–H and O–H groups in total. The molecule has 0 bridgehead atoms. The van der Waals surface area contributed by atoms with E-state index in [0.717, 1.165) is 27.7 Å². The van der Waals surface area contributed by atoms with Crippen molar-refractivity contribution in [2.24, 2.45) is 0 Å². The molecule has 2 aliphatic heterocycles. The first-order chi connectivity index (χ1) is 9.10. The van der Waals surface area contributed by atoms with Crippen molar-refractivity contribution in [2.45, 2.75) is 13.8 Å². The van der Waals surface area contributed by atoms with E-state index in [1.165, 1.54) is 4.90 Å². The molecule has 1 amide bonds. The molecule has 5 heteroatoms. The first-order valence-electron chi connectivity index (χ1n) is 6.17. The number of carboxylic acid groups (broad SMARTS) is 1. The first kappa shape index (κ1) is 13.8. The van der Waals surface area contributed by atoms with Crippen LogP contribution >= 0.6 is 11.8 Å². The molecule has 0 spiro atoms. The van der Waals surface area contributed by atoms with Crippen LogP contribution in [0, 0.1) is 0 Å². The number of hydrogen-bond acceptors (Lipinski definition) is 3. The molecule has 2 aliphatic rings. The van der Waals surface area contributed by atoms with Gasteiger partial charge in [0, 0.05) is 17.5 Å². The lowest BCUT2D eigenvalue weighted by molar-refractivity contribution is 0.162. The summed E-state index contributed by atoms with van der Waals surface area (Å²) in [6.07, 6.45) is 6.78. The third-order valence-electron chi connectivity index (χ3n) is 3.09. The van der Waals surface area contributed by atoms with Gasteiger partial charge >= 0.3 is 6.09 Å². The number of hydrogen-bond donors (Lipinski definition) is 1. The fourth-order valence-electron chi connectivity index (χ4n) is 2.33. The molecule has 0 unspecified atom stereocenters. The van der Waals surface area contributed by atoms with Crippen LogP contribution in [0.15, 0.2) is 46.2 Å². The summed E-state index contributed by atoms with van der Waals surface area (Å²) in [6.45, 7) is 4.29. The molecule has 0 saturated heterocycles. The van der Waals surface area contributed by atoms with E-state index in [-0.39, 0.29) is 0 Å². The van der Waals surface area contributed by atoms with E-state index in [1.807, 2.05) is 45.2 Å². The van der Waals surface area contributed by atoms with Crippen LogP contribution in [0.2, 0.25) is 0 Å². The molecule has 102 valence electrons. The third-order valence-corrected chi connectivity index (χ3v) is 4.28. The minimum Gasteiger partial charge on any atom is -0.465 e. The Morgan fingerprint density at radius 3 is 2.58 bits per heavy atom. The summed E-state index contributed by atoms with van der Waals surface area (Å²) in [7, 11) is 2.04. The van der Waals surface area contributed by atoms with Crippen molar-refractivity contribution in [3.8, 4) is 0 Å². The zero-order valence-electron chi connectivity index (χ0n) is 11.4. The van der Waals surface area contributed by atoms with E-state index in [1.54, 1.807) is 11.8 Å². The Bertz CT molecular complexity index is 518. The van der Waals surface area contributed by atoms with Crippen molar-refractivity contribution in [2.75, 3.05) is 19.5 Å². The highest BCUT2D eigenvalue weighted by atomic mass is 32.2. The molecule has 0 aromatic rings. The van der Waals surface area contributed by atoms with Crippen LogP contribution in [0.25, 0.3) is 0 Å². The van der Waals surface area contributed by atoms with Gasteiger partial charge in [0.1, 0.15) is 0 Å². The maximum Gasteiger partial charge on any atom is 0.412 e. The van der Waals surface area contributed by atoms with Crippen LogP contribution in [0.3, 0.4) is 0 Å². The summed E-state index contributed by atoms with van der Waals surface area (Å²) < 4.78 is 0. The Morgan fingerprint density at radius 2 is 2.00 bits per heavy atom. The van der Waals surface area contributed by atoms with Crippen LogP contribution in [-0.4, -0.2) is 40.5 Å². The van der Waals surface area contributed by atoms with Gasteiger partial charge in [-0.2, -0.15) is 0 Å². The van der Waals surface area contributed by atoms with Gasteiger partial charge in [-0.15, -0.1) is 11.8 Å². The molecule has 2 heterocycles. The minimum atomic E-state index is -0.906. The van der Waals surface area contributed by atoms with Gasteiger partial charge in [-0.25, -0.2) is 4.79 Å². The van der Waals surface area contributed by atoms with Gasteiger partial charge in [-0.05, 0) is 19.9 Å². The Balaban J connectivity index is 2.60. The Labute approximate surface area is 117 Å². The average molecular weight is 278 g/mol. The number of allylic oxidation sites excluding steroid dienone is 4. The monoisotopic (exact) mass is 278 g/mol. The second-order valence-corrected chi connectivity index (χ2v) is 5.45. The summed E-state index contributed by atoms with van der Waals surface area (Å²) >= 11 is 1.71. The lowest BCUT2D eigenvalue weighted by atomic mass is 10.0. The number of carbonyl (C=O) groups is 1. The van der Waals surface area contributed by atoms with Crippen molar-refractivity contribution in [1.82, 2.24) is 9.80 Å².